The fraction of sp³-hybridized carbons (Fsp3) is 0.269. The van der Waals surface area contributed by atoms with Crippen molar-refractivity contribution < 1.29 is 19.1 Å². The molecule has 0 aliphatic carbocycles. The minimum Gasteiger partial charge on any atom is -0.490 e. The number of amides is 2. The van der Waals surface area contributed by atoms with Crippen LogP contribution >= 0.6 is 11.6 Å². The van der Waals surface area contributed by atoms with E-state index >= 15 is 0 Å². The fourth-order valence-corrected chi connectivity index (χ4v) is 10.4. The second-order valence-corrected chi connectivity index (χ2v) is 21.6. The standard InChI is InChI=1S/C67H68ClN11O5/c1-47(2)63(64-71-59-44-53(68)26-31-58(59)67(82)79(64)46-49-14-6-4-7-15-49)78(66(81)51-22-20-48(3)21-23-51)36-12-34-69-65(80)52-25-33-61(70-45-52)84-42-13-35-76-37-39-77(40-38-76)41-43-83-60-32-24-50-16-10-11-19-57(50)62(60)75-74-56-29-27-55(28-30-56)73-72-54-17-8-5-9-18-54/h4-11,14-33,44-45,47,63H,12-13,34-43,46H2,1-3H3,(H,69,80)/b73-72+,75-74+/t63-/m1/s1. The molecule has 7 aromatic carbocycles. The van der Waals surface area contributed by atoms with Gasteiger partial charge in [0.05, 0.1) is 52.7 Å². The number of aryl methyl sites for hydroxylation is 1. The zero-order valence-corrected chi connectivity index (χ0v) is 48.3. The maximum atomic E-state index is 14.7. The number of fused-ring (bicyclic) bond motifs is 2. The maximum Gasteiger partial charge on any atom is 0.261 e. The van der Waals surface area contributed by atoms with Gasteiger partial charge in [0.1, 0.15) is 23.9 Å². The molecule has 16 nitrogen and oxygen atoms in total. The van der Waals surface area contributed by atoms with E-state index in [0.29, 0.717) is 75.5 Å². The molecule has 17 heteroatoms. The molecular weight excluding hydrogens is 1070 g/mol. The summed E-state index contributed by atoms with van der Waals surface area (Å²) in [5.74, 6) is 0.943. The van der Waals surface area contributed by atoms with Crippen LogP contribution in [0.2, 0.25) is 5.02 Å². The molecule has 428 valence electrons. The molecule has 10 rings (SSSR count). The van der Waals surface area contributed by atoms with Crippen molar-refractivity contribution in [3.05, 3.63) is 226 Å². The van der Waals surface area contributed by atoms with Crippen LogP contribution in [0.4, 0.5) is 22.7 Å². The van der Waals surface area contributed by atoms with Crippen LogP contribution in [0.15, 0.2) is 207 Å². The Bertz CT molecular complexity index is 3780. The number of carbonyl (C=O) groups excluding carboxylic acids is 2. The number of hydrogen-bond acceptors (Lipinski definition) is 13. The van der Waals surface area contributed by atoms with Crippen LogP contribution in [-0.4, -0.2) is 107 Å². The van der Waals surface area contributed by atoms with Crippen LogP contribution < -0.4 is 20.3 Å². The Kier molecular flexibility index (Phi) is 19.7. The molecular formula is C67H68ClN11O5. The van der Waals surface area contributed by atoms with Gasteiger partial charge in [-0.05, 0) is 115 Å². The third-order valence-corrected chi connectivity index (χ3v) is 15.0. The molecule has 0 bridgehead atoms. The van der Waals surface area contributed by atoms with Gasteiger partial charge in [0.15, 0.2) is 0 Å². The minimum absolute atomic E-state index is 0.161. The molecule has 0 unspecified atom stereocenters. The lowest BCUT2D eigenvalue weighted by atomic mass is 9.98. The summed E-state index contributed by atoms with van der Waals surface area (Å²) < 4.78 is 14.1. The largest absolute Gasteiger partial charge is 0.490 e. The molecule has 1 aliphatic heterocycles. The molecule has 3 heterocycles. The first-order chi connectivity index (χ1) is 41.0. The van der Waals surface area contributed by atoms with Crippen molar-refractivity contribution in [2.24, 2.45) is 26.4 Å². The van der Waals surface area contributed by atoms with Gasteiger partial charge in [-0.1, -0.05) is 122 Å². The van der Waals surface area contributed by atoms with Gasteiger partial charge >= 0.3 is 0 Å². The third kappa shape index (κ3) is 15.2. The van der Waals surface area contributed by atoms with Gasteiger partial charge in [0.25, 0.3) is 17.4 Å². The normalized spacial score (nSPS) is 13.5. The van der Waals surface area contributed by atoms with Gasteiger partial charge in [-0.3, -0.25) is 23.9 Å². The van der Waals surface area contributed by atoms with E-state index in [-0.39, 0.29) is 42.9 Å². The summed E-state index contributed by atoms with van der Waals surface area (Å²) in [7, 11) is 0. The highest BCUT2D eigenvalue weighted by Crippen LogP contribution is 2.38. The lowest BCUT2D eigenvalue weighted by Gasteiger charge is -2.35. The molecule has 0 radical (unpaired) electrons. The number of carbonyl (C=O) groups is 2. The average Bonchev–Trinajstić information content (AvgIpc) is 2.84. The summed E-state index contributed by atoms with van der Waals surface area (Å²) in [6.07, 6.45) is 2.78. The SMILES string of the molecule is Cc1ccc(C(=O)N(CCCNC(=O)c2ccc(OCCCN3CCN(CCOc4ccc5ccccc5c4/N=N/c4ccc(/N=N/c5ccccc5)cc4)CC3)nc2)[C@@H](c2nc3cc(Cl)ccc3c(=O)n2Cc2ccccc2)C(C)C)cc1. The van der Waals surface area contributed by atoms with Crippen LogP contribution in [0.3, 0.4) is 0 Å². The Labute approximate surface area is 494 Å². The van der Waals surface area contributed by atoms with Crippen LogP contribution in [0.1, 0.15) is 70.4 Å². The Morgan fingerprint density at radius 1 is 0.667 bits per heavy atom. The van der Waals surface area contributed by atoms with Crippen LogP contribution in [0, 0.1) is 12.8 Å². The first-order valence-corrected chi connectivity index (χ1v) is 29.0. The van der Waals surface area contributed by atoms with Gasteiger partial charge in [-0.15, -0.1) is 5.11 Å². The number of halogens is 1. The van der Waals surface area contributed by atoms with E-state index in [1.807, 2.05) is 154 Å². The molecule has 1 N–H and O–H groups in total. The number of ether oxygens (including phenoxy) is 2. The van der Waals surface area contributed by atoms with E-state index in [2.05, 4.69) is 47.6 Å². The lowest BCUT2D eigenvalue weighted by Crippen LogP contribution is -2.47. The second kappa shape index (κ2) is 28.3. The molecule has 1 saturated heterocycles. The highest BCUT2D eigenvalue weighted by Gasteiger charge is 2.33. The van der Waals surface area contributed by atoms with Crippen LogP contribution in [0.5, 0.6) is 11.6 Å². The van der Waals surface area contributed by atoms with Crippen molar-refractivity contribution in [3.63, 3.8) is 0 Å². The number of rotatable bonds is 24. The number of aromatic nitrogens is 3. The van der Waals surface area contributed by atoms with Crippen LogP contribution in [0.25, 0.3) is 21.7 Å². The Balaban J connectivity index is 0.680. The molecule has 9 aromatic rings. The van der Waals surface area contributed by atoms with Crippen molar-refractivity contribution in [1.82, 2.24) is 34.6 Å². The van der Waals surface area contributed by atoms with Gasteiger partial charge in [0.2, 0.25) is 5.88 Å². The van der Waals surface area contributed by atoms with Crippen LogP contribution in [-0.2, 0) is 6.54 Å². The number of benzene rings is 7. The van der Waals surface area contributed by atoms with Crippen molar-refractivity contribution >= 4 is 67.8 Å². The quantitative estimate of drug-likeness (QED) is 0.0457. The molecule has 84 heavy (non-hydrogen) atoms. The van der Waals surface area contributed by atoms with Gasteiger partial charge in [0, 0.05) is 80.6 Å². The third-order valence-electron chi connectivity index (χ3n) is 14.8. The zero-order chi connectivity index (χ0) is 58.2. The van der Waals surface area contributed by atoms with E-state index < -0.39 is 6.04 Å². The molecule has 0 saturated carbocycles. The summed E-state index contributed by atoms with van der Waals surface area (Å²) in [5.41, 5.74) is 6.00. The summed E-state index contributed by atoms with van der Waals surface area (Å²) in [6.45, 7) is 13.3. The topological polar surface area (TPSA) is 172 Å². The van der Waals surface area contributed by atoms with E-state index in [1.54, 1.807) is 39.8 Å². The molecule has 1 aliphatic rings. The lowest BCUT2D eigenvalue weighted by molar-refractivity contribution is 0.0601. The highest BCUT2D eigenvalue weighted by atomic mass is 35.5. The second-order valence-electron chi connectivity index (χ2n) is 21.2. The van der Waals surface area contributed by atoms with Crippen molar-refractivity contribution in [2.75, 3.05) is 65.6 Å². The predicted molar refractivity (Wildman–Crippen MR) is 331 cm³/mol. The first-order valence-electron chi connectivity index (χ1n) is 28.6. The van der Waals surface area contributed by atoms with E-state index in [0.717, 1.165) is 79.0 Å². The first kappa shape index (κ1) is 58.2. The zero-order valence-electron chi connectivity index (χ0n) is 47.6. The van der Waals surface area contributed by atoms with Crippen molar-refractivity contribution in [1.29, 1.82) is 0 Å². The van der Waals surface area contributed by atoms with Gasteiger partial charge < -0.3 is 24.6 Å². The molecule has 1 fully saturated rings. The summed E-state index contributed by atoms with van der Waals surface area (Å²) in [4.78, 5) is 58.7. The number of piperazine rings is 1. The predicted octanol–water partition coefficient (Wildman–Crippen LogP) is 13.9. The van der Waals surface area contributed by atoms with Gasteiger partial charge in [-0.25, -0.2) is 9.97 Å². The Morgan fingerprint density at radius 2 is 1.32 bits per heavy atom. The summed E-state index contributed by atoms with van der Waals surface area (Å²) >= 11 is 6.45. The van der Waals surface area contributed by atoms with E-state index in [9.17, 15) is 14.4 Å². The number of hydrogen-bond donors (Lipinski definition) is 1. The average molecular weight is 1140 g/mol. The number of nitrogens with one attached hydrogen (secondary N) is 1. The van der Waals surface area contributed by atoms with E-state index in [1.165, 1.54) is 6.20 Å². The molecule has 2 aromatic heterocycles. The number of azo groups is 2. The molecule has 0 spiro atoms. The Morgan fingerprint density at radius 3 is 2.02 bits per heavy atom. The number of nitrogens with zero attached hydrogens (tertiary/aromatic N) is 10. The highest BCUT2D eigenvalue weighted by molar-refractivity contribution is 6.31. The van der Waals surface area contributed by atoms with Crippen molar-refractivity contribution in [2.45, 2.75) is 46.2 Å². The Hall–Kier alpha value is -8.96. The summed E-state index contributed by atoms with van der Waals surface area (Å²) in [5, 5.41) is 23.9. The molecule has 1 atom stereocenters. The monoisotopic (exact) mass is 1140 g/mol. The molecule has 2 amide bonds. The minimum atomic E-state index is -0.613. The summed E-state index contributed by atoms with van der Waals surface area (Å²) in [6, 6.07) is 54.4. The number of pyridine rings is 1. The van der Waals surface area contributed by atoms with E-state index in [4.69, 9.17) is 31.2 Å². The smallest absolute Gasteiger partial charge is 0.261 e. The van der Waals surface area contributed by atoms with Gasteiger partial charge in [-0.2, -0.15) is 15.3 Å². The fourth-order valence-electron chi connectivity index (χ4n) is 10.3. The van der Waals surface area contributed by atoms with Crippen molar-refractivity contribution in [3.8, 4) is 11.6 Å². The maximum absolute atomic E-state index is 14.7.